The first-order valence-electron chi connectivity index (χ1n) is 8.53. The quantitative estimate of drug-likeness (QED) is 0.857. The smallest absolute Gasteiger partial charge is 0.236 e. The van der Waals surface area contributed by atoms with Crippen molar-refractivity contribution in [2.24, 2.45) is 0 Å². The Kier molecular flexibility index (Phi) is 5.38. The van der Waals surface area contributed by atoms with Crippen molar-refractivity contribution < 1.29 is 9.18 Å². The topological polar surface area (TPSA) is 49.3 Å². The second-order valence-electron chi connectivity index (χ2n) is 6.68. The molecule has 2 aromatic rings. The summed E-state index contributed by atoms with van der Waals surface area (Å²) in [6, 6.07) is 6.42. The number of likely N-dealkylation sites (tertiary alicyclic amines) is 1. The van der Waals surface area contributed by atoms with Gasteiger partial charge in [0.15, 0.2) is 0 Å². The van der Waals surface area contributed by atoms with Gasteiger partial charge in [0, 0.05) is 31.8 Å². The molecular weight excluding hydrogens is 319 g/mol. The highest BCUT2D eigenvalue weighted by Gasteiger charge is 2.23. The highest BCUT2D eigenvalue weighted by molar-refractivity contribution is 5.77. The summed E-state index contributed by atoms with van der Waals surface area (Å²) in [6.07, 6.45) is 5.36. The monoisotopic (exact) mass is 342 g/mol. The van der Waals surface area contributed by atoms with E-state index in [2.05, 4.69) is 9.88 Å². The van der Waals surface area contributed by atoms with Crippen LogP contribution in [0.3, 0.4) is 0 Å². The Hall–Kier alpha value is -2.34. The van der Waals surface area contributed by atoms with Gasteiger partial charge in [-0.1, -0.05) is 12.1 Å². The number of benzene rings is 1. The summed E-state index contributed by atoms with van der Waals surface area (Å²) >= 11 is 0. The van der Waals surface area contributed by atoms with Crippen molar-refractivity contribution in [1.29, 1.82) is 0 Å². The van der Waals surface area contributed by atoms with Crippen LogP contribution in [0.15, 0.2) is 36.7 Å². The van der Waals surface area contributed by atoms with Crippen LogP contribution < -0.4 is 0 Å². The lowest BCUT2D eigenvalue weighted by atomic mass is 9.93. The summed E-state index contributed by atoms with van der Waals surface area (Å²) in [5.74, 6) is 0.182. The summed E-state index contributed by atoms with van der Waals surface area (Å²) in [7, 11) is 3.56. The molecule has 0 unspecified atom stereocenters. The van der Waals surface area contributed by atoms with Crippen molar-refractivity contribution in [3.8, 4) is 11.3 Å². The fourth-order valence-corrected chi connectivity index (χ4v) is 3.08. The Morgan fingerprint density at radius 3 is 2.72 bits per heavy atom. The van der Waals surface area contributed by atoms with Crippen LogP contribution in [0.5, 0.6) is 0 Å². The van der Waals surface area contributed by atoms with Gasteiger partial charge in [-0.15, -0.1) is 0 Å². The molecule has 0 atom stereocenters. The lowest BCUT2D eigenvalue weighted by molar-refractivity contribution is -0.130. The molecule has 1 fully saturated rings. The number of carbonyl (C=O) groups is 1. The fourth-order valence-electron chi connectivity index (χ4n) is 3.08. The van der Waals surface area contributed by atoms with E-state index in [1.807, 2.05) is 6.07 Å². The van der Waals surface area contributed by atoms with Crippen molar-refractivity contribution in [3.05, 3.63) is 48.2 Å². The summed E-state index contributed by atoms with van der Waals surface area (Å²) < 4.78 is 13.4. The number of nitrogens with zero attached hydrogens (tertiary/aromatic N) is 4. The van der Waals surface area contributed by atoms with E-state index in [0.29, 0.717) is 18.2 Å². The third-order valence-electron chi connectivity index (χ3n) is 4.64. The van der Waals surface area contributed by atoms with Crippen LogP contribution in [-0.4, -0.2) is 59.4 Å². The zero-order valence-corrected chi connectivity index (χ0v) is 14.7. The average molecular weight is 342 g/mol. The van der Waals surface area contributed by atoms with Crippen molar-refractivity contribution in [2.75, 3.05) is 33.7 Å². The number of amides is 1. The molecule has 1 aromatic carbocycles. The lowest BCUT2D eigenvalue weighted by Crippen LogP contribution is -2.40. The van der Waals surface area contributed by atoms with Crippen LogP contribution in [-0.2, 0) is 4.79 Å². The van der Waals surface area contributed by atoms with Crippen LogP contribution in [0.4, 0.5) is 4.39 Å². The van der Waals surface area contributed by atoms with Gasteiger partial charge in [0.25, 0.3) is 0 Å². The van der Waals surface area contributed by atoms with Crippen LogP contribution in [0.2, 0.25) is 0 Å². The summed E-state index contributed by atoms with van der Waals surface area (Å²) in [5.41, 5.74) is 2.38. The molecule has 0 spiro atoms. The first kappa shape index (κ1) is 17.5. The Morgan fingerprint density at radius 2 is 2.04 bits per heavy atom. The highest BCUT2D eigenvalue weighted by atomic mass is 19.1. The molecular formula is C19H23FN4O. The molecule has 2 heterocycles. The number of halogens is 1. The van der Waals surface area contributed by atoms with Gasteiger partial charge in [0.2, 0.25) is 5.91 Å². The van der Waals surface area contributed by atoms with Crippen molar-refractivity contribution in [3.63, 3.8) is 0 Å². The molecule has 0 N–H and O–H groups in total. The number of likely N-dealkylation sites (N-methyl/N-ethyl adjacent to an activating group) is 1. The van der Waals surface area contributed by atoms with Gasteiger partial charge in [0.1, 0.15) is 5.82 Å². The average Bonchev–Trinajstić information content (AvgIpc) is 2.62. The van der Waals surface area contributed by atoms with Gasteiger partial charge in [-0.2, -0.15) is 0 Å². The third kappa shape index (κ3) is 4.39. The second kappa shape index (κ2) is 7.70. The van der Waals surface area contributed by atoms with E-state index in [4.69, 9.17) is 4.98 Å². The maximum atomic E-state index is 13.4. The summed E-state index contributed by atoms with van der Waals surface area (Å²) in [5, 5.41) is 0. The lowest BCUT2D eigenvalue weighted by Gasteiger charge is -2.31. The molecule has 25 heavy (non-hydrogen) atoms. The van der Waals surface area contributed by atoms with Crippen molar-refractivity contribution in [1.82, 2.24) is 19.8 Å². The SMILES string of the molecule is CN(C)C(=O)CN1CCC(c2cncc(-c3cccc(F)c3)n2)CC1. The zero-order chi connectivity index (χ0) is 17.8. The Labute approximate surface area is 147 Å². The van der Waals surface area contributed by atoms with Gasteiger partial charge in [-0.05, 0) is 38.1 Å². The van der Waals surface area contributed by atoms with Gasteiger partial charge in [-0.25, -0.2) is 9.37 Å². The maximum absolute atomic E-state index is 13.4. The maximum Gasteiger partial charge on any atom is 0.236 e. The van der Waals surface area contributed by atoms with E-state index in [1.165, 1.54) is 12.1 Å². The highest BCUT2D eigenvalue weighted by Crippen LogP contribution is 2.28. The number of rotatable bonds is 4. The fraction of sp³-hybridized carbons (Fsp3) is 0.421. The molecule has 1 aliphatic rings. The number of hydrogen-bond donors (Lipinski definition) is 0. The molecule has 132 valence electrons. The zero-order valence-electron chi connectivity index (χ0n) is 14.7. The summed E-state index contributed by atoms with van der Waals surface area (Å²) in [6.45, 7) is 2.21. The molecule has 1 saturated heterocycles. The van der Waals surface area contributed by atoms with Crippen LogP contribution in [0.25, 0.3) is 11.3 Å². The van der Waals surface area contributed by atoms with Gasteiger partial charge < -0.3 is 4.90 Å². The van der Waals surface area contributed by atoms with Crippen molar-refractivity contribution >= 4 is 5.91 Å². The minimum Gasteiger partial charge on any atom is -0.348 e. The minimum absolute atomic E-state index is 0.131. The molecule has 0 saturated carbocycles. The normalized spacial score (nSPS) is 16.0. The largest absolute Gasteiger partial charge is 0.348 e. The first-order valence-corrected chi connectivity index (χ1v) is 8.53. The number of hydrogen-bond acceptors (Lipinski definition) is 4. The molecule has 6 heteroatoms. The van der Waals surface area contributed by atoms with Gasteiger partial charge in [-0.3, -0.25) is 14.7 Å². The molecule has 3 rings (SSSR count). The molecule has 0 aliphatic carbocycles. The molecule has 5 nitrogen and oxygen atoms in total. The predicted octanol–water partition coefficient (Wildman–Crippen LogP) is 2.55. The van der Waals surface area contributed by atoms with E-state index in [9.17, 15) is 9.18 Å². The van der Waals surface area contributed by atoms with Crippen LogP contribution >= 0.6 is 0 Å². The molecule has 1 aliphatic heterocycles. The number of aromatic nitrogens is 2. The first-order chi connectivity index (χ1) is 12.0. The predicted molar refractivity (Wildman–Crippen MR) is 94.5 cm³/mol. The molecule has 1 aromatic heterocycles. The Bertz CT molecular complexity index is 742. The van der Waals surface area contributed by atoms with Crippen LogP contribution in [0, 0.1) is 5.82 Å². The standard InChI is InChI=1S/C19H23FN4O/c1-23(2)19(25)13-24-8-6-14(7-9-24)17-11-21-12-18(22-17)15-4-3-5-16(20)10-15/h3-5,10-12,14H,6-9,13H2,1-2H3. The number of carbonyl (C=O) groups excluding carboxylic acids is 1. The van der Waals surface area contributed by atoms with Crippen LogP contribution in [0.1, 0.15) is 24.5 Å². The second-order valence-corrected chi connectivity index (χ2v) is 6.68. The van der Waals surface area contributed by atoms with Gasteiger partial charge >= 0.3 is 0 Å². The van der Waals surface area contributed by atoms with Gasteiger partial charge in [0.05, 0.1) is 24.1 Å². The molecule has 0 bridgehead atoms. The number of piperidine rings is 1. The van der Waals surface area contributed by atoms with E-state index in [0.717, 1.165) is 37.2 Å². The summed E-state index contributed by atoms with van der Waals surface area (Å²) in [4.78, 5) is 24.6. The third-order valence-corrected chi connectivity index (χ3v) is 4.64. The van der Waals surface area contributed by atoms with E-state index >= 15 is 0 Å². The minimum atomic E-state index is -0.274. The van der Waals surface area contributed by atoms with Crippen molar-refractivity contribution in [2.45, 2.75) is 18.8 Å². The molecule has 1 amide bonds. The van der Waals surface area contributed by atoms with E-state index in [1.54, 1.807) is 37.5 Å². The van der Waals surface area contributed by atoms with E-state index < -0.39 is 0 Å². The Balaban J connectivity index is 1.66. The van der Waals surface area contributed by atoms with E-state index in [-0.39, 0.29) is 11.7 Å². The molecule has 0 radical (unpaired) electrons. The Morgan fingerprint density at radius 1 is 1.28 bits per heavy atom.